The van der Waals surface area contributed by atoms with Crippen molar-refractivity contribution in [1.29, 1.82) is 0 Å². The fraction of sp³-hybridized carbons (Fsp3) is 0.400. The maximum absolute atomic E-state index is 12.4. The van der Waals surface area contributed by atoms with E-state index in [4.69, 9.17) is 5.11 Å². The molecule has 2 amide bonds. The third-order valence-electron chi connectivity index (χ3n) is 3.26. The topological polar surface area (TPSA) is 136 Å². The number of carbonyl (C=O) groups excluding carboxylic acids is 2. The van der Waals surface area contributed by atoms with Crippen molar-refractivity contribution in [3.63, 3.8) is 0 Å². The Balaban J connectivity index is 3.02. The van der Waals surface area contributed by atoms with Crippen LogP contribution in [0, 0.1) is 7.14 Å². The molecule has 0 fully saturated rings. The normalized spacial score (nSPS) is 14.3. The first-order valence-electron chi connectivity index (χ1n) is 7.18. The summed E-state index contributed by atoms with van der Waals surface area (Å²) in [6, 6.07) is 0.839. The van der Waals surface area contributed by atoms with Gasteiger partial charge in [-0.05, 0) is 69.8 Å². The summed E-state index contributed by atoms with van der Waals surface area (Å²) in [5.41, 5.74) is 0.685. The number of rotatable bonds is 7. The number of aromatic hydroxyl groups is 1. The Morgan fingerprint density at radius 3 is 2.08 bits per heavy atom. The summed E-state index contributed by atoms with van der Waals surface area (Å²) in [6.45, 7) is 2.49. The standard InChI is InChI=1S/C15H18I2N2O6/c1-6(20)12(15(24)25)19-14(23)11(18-7(2)21)5-8-3-9(16)13(22)10(17)4-8/h3-4,6,11-12,20,22H,5H2,1-2H3,(H,18,21)(H,19,23)(H,24,25)/t6?,11?,12-/m1/s1. The maximum atomic E-state index is 12.4. The van der Waals surface area contributed by atoms with E-state index in [0.717, 1.165) is 0 Å². The highest BCUT2D eigenvalue weighted by Crippen LogP contribution is 2.27. The molecule has 1 rings (SSSR count). The molecular formula is C15H18I2N2O6. The van der Waals surface area contributed by atoms with Gasteiger partial charge in [-0.2, -0.15) is 0 Å². The van der Waals surface area contributed by atoms with E-state index in [1.807, 2.05) is 45.2 Å². The van der Waals surface area contributed by atoms with Crippen LogP contribution in [-0.2, 0) is 20.8 Å². The zero-order valence-electron chi connectivity index (χ0n) is 13.4. The smallest absolute Gasteiger partial charge is 0.328 e. The van der Waals surface area contributed by atoms with Crippen molar-refractivity contribution >= 4 is 63.0 Å². The van der Waals surface area contributed by atoms with Crippen LogP contribution in [0.25, 0.3) is 0 Å². The van der Waals surface area contributed by atoms with Gasteiger partial charge < -0.3 is 26.0 Å². The van der Waals surface area contributed by atoms with Crippen molar-refractivity contribution in [3.05, 3.63) is 24.8 Å². The maximum Gasteiger partial charge on any atom is 0.328 e. The Hall–Kier alpha value is -1.15. The third-order valence-corrected chi connectivity index (χ3v) is 4.90. The van der Waals surface area contributed by atoms with Crippen molar-refractivity contribution in [3.8, 4) is 5.75 Å². The Morgan fingerprint density at radius 2 is 1.68 bits per heavy atom. The number of phenolic OH excluding ortho intramolecular Hbond substituents is 1. The van der Waals surface area contributed by atoms with Crippen LogP contribution in [-0.4, -0.2) is 51.3 Å². The summed E-state index contributed by atoms with van der Waals surface area (Å²) < 4.78 is 1.18. The molecule has 0 saturated carbocycles. The highest BCUT2D eigenvalue weighted by Gasteiger charge is 2.29. The summed E-state index contributed by atoms with van der Waals surface area (Å²) in [4.78, 5) is 34.9. The molecule has 0 aromatic heterocycles. The lowest BCUT2D eigenvalue weighted by Crippen LogP contribution is -2.55. The molecule has 8 nitrogen and oxygen atoms in total. The predicted octanol–water partition coefficient (Wildman–Crippen LogP) is 0.599. The zero-order chi connectivity index (χ0) is 19.3. The summed E-state index contributed by atoms with van der Waals surface area (Å²) in [7, 11) is 0. The monoisotopic (exact) mass is 576 g/mol. The van der Waals surface area contributed by atoms with E-state index in [2.05, 4.69) is 10.6 Å². The number of halogens is 2. The van der Waals surface area contributed by atoms with Crippen molar-refractivity contribution in [1.82, 2.24) is 10.6 Å². The van der Waals surface area contributed by atoms with E-state index in [-0.39, 0.29) is 12.2 Å². The largest absolute Gasteiger partial charge is 0.506 e. The van der Waals surface area contributed by atoms with Gasteiger partial charge >= 0.3 is 5.97 Å². The number of carboxylic acid groups (broad SMARTS) is 1. The van der Waals surface area contributed by atoms with Gasteiger partial charge in [0.05, 0.1) is 13.2 Å². The van der Waals surface area contributed by atoms with Crippen LogP contribution in [0.2, 0.25) is 0 Å². The fourth-order valence-corrected chi connectivity index (χ4v) is 3.97. The van der Waals surface area contributed by atoms with Gasteiger partial charge in [0.15, 0.2) is 6.04 Å². The average Bonchev–Trinajstić information content (AvgIpc) is 2.48. The number of aliphatic hydroxyl groups excluding tert-OH is 1. The van der Waals surface area contributed by atoms with Crippen LogP contribution in [0.5, 0.6) is 5.75 Å². The van der Waals surface area contributed by atoms with Crippen LogP contribution < -0.4 is 10.6 Å². The van der Waals surface area contributed by atoms with Crippen LogP contribution in [0.4, 0.5) is 0 Å². The fourth-order valence-electron chi connectivity index (χ4n) is 2.07. The molecule has 10 heteroatoms. The number of nitrogens with one attached hydrogen (secondary N) is 2. The Labute approximate surface area is 171 Å². The van der Waals surface area contributed by atoms with Gasteiger partial charge in [-0.1, -0.05) is 0 Å². The molecule has 5 N–H and O–H groups in total. The summed E-state index contributed by atoms with van der Waals surface area (Å²) in [5, 5.41) is 33.0. The summed E-state index contributed by atoms with van der Waals surface area (Å²) >= 11 is 3.90. The lowest BCUT2D eigenvalue weighted by molar-refractivity contribution is -0.145. The van der Waals surface area contributed by atoms with E-state index in [1.54, 1.807) is 12.1 Å². The SMILES string of the molecule is CC(=O)NC(Cc1cc(I)c(O)c(I)c1)C(=O)N[C@@H](C(=O)O)C(C)O. The minimum Gasteiger partial charge on any atom is -0.506 e. The number of phenols is 1. The zero-order valence-corrected chi connectivity index (χ0v) is 17.7. The van der Waals surface area contributed by atoms with Crippen LogP contribution in [0.15, 0.2) is 12.1 Å². The molecule has 0 spiro atoms. The van der Waals surface area contributed by atoms with Crippen LogP contribution >= 0.6 is 45.2 Å². The van der Waals surface area contributed by atoms with Gasteiger partial charge in [0.2, 0.25) is 11.8 Å². The van der Waals surface area contributed by atoms with Crippen molar-refractivity contribution in [2.45, 2.75) is 38.5 Å². The molecule has 0 radical (unpaired) electrons. The highest BCUT2D eigenvalue weighted by molar-refractivity contribution is 14.1. The lowest BCUT2D eigenvalue weighted by atomic mass is 10.0. The molecule has 0 aliphatic carbocycles. The number of hydrogen-bond donors (Lipinski definition) is 5. The number of carbonyl (C=O) groups is 3. The van der Waals surface area contributed by atoms with E-state index in [1.165, 1.54) is 13.8 Å². The van der Waals surface area contributed by atoms with Gasteiger partial charge in [-0.3, -0.25) is 9.59 Å². The Kier molecular flexibility index (Phi) is 8.34. The second-order valence-electron chi connectivity index (χ2n) is 5.43. The second kappa shape index (κ2) is 9.52. The van der Waals surface area contributed by atoms with Crippen molar-refractivity contribution < 1.29 is 29.7 Å². The third kappa shape index (κ3) is 6.58. The molecule has 0 aliphatic heterocycles. The van der Waals surface area contributed by atoms with Gasteiger partial charge in [-0.25, -0.2) is 4.79 Å². The molecule has 0 aliphatic rings. The number of hydrogen-bond acceptors (Lipinski definition) is 5. The molecule has 138 valence electrons. The number of benzene rings is 1. The van der Waals surface area contributed by atoms with E-state index >= 15 is 0 Å². The number of aliphatic carboxylic acids is 1. The minimum atomic E-state index is -1.48. The summed E-state index contributed by atoms with van der Waals surface area (Å²) in [5.74, 6) is -2.42. The molecule has 0 heterocycles. The first-order valence-corrected chi connectivity index (χ1v) is 9.34. The second-order valence-corrected chi connectivity index (χ2v) is 7.75. The Morgan fingerprint density at radius 1 is 1.16 bits per heavy atom. The quantitative estimate of drug-likeness (QED) is 0.302. The van der Waals surface area contributed by atoms with E-state index in [0.29, 0.717) is 12.7 Å². The number of amides is 2. The Bertz CT molecular complexity index is 657. The number of aliphatic hydroxyl groups is 1. The minimum absolute atomic E-state index is 0.101. The average molecular weight is 576 g/mol. The summed E-state index contributed by atoms with van der Waals surface area (Å²) in [6.07, 6.45) is -1.20. The first kappa shape index (κ1) is 21.9. The van der Waals surface area contributed by atoms with Gasteiger partial charge in [0, 0.05) is 13.3 Å². The molecule has 3 atom stereocenters. The van der Waals surface area contributed by atoms with Gasteiger partial charge in [0.1, 0.15) is 11.8 Å². The first-order chi connectivity index (χ1) is 11.5. The molecule has 1 aromatic carbocycles. The van der Waals surface area contributed by atoms with Gasteiger partial charge in [-0.15, -0.1) is 0 Å². The molecular weight excluding hydrogens is 558 g/mol. The highest BCUT2D eigenvalue weighted by atomic mass is 127. The van der Waals surface area contributed by atoms with Crippen LogP contribution in [0.3, 0.4) is 0 Å². The van der Waals surface area contributed by atoms with Gasteiger partial charge in [0.25, 0.3) is 0 Å². The predicted molar refractivity (Wildman–Crippen MR) is 106 cm³/mol. The van der Waals surface area contributed by atoms with Crippen LogP contribution in [0.1, 0.15) is 19.4 Å². The van der Waals surface area contributed by atoms with E-state index in [9.17, 15) is 24.6 Å². The lowest BCUT2D eigenvalue weighted by Gasteiger charge is -2.22. The molecule has 25 heavy (non-hydrogen) atoms. The number of carboxylic acids is 1. The molecule has 0 saturated heterocycles. The molecule has 1 aromatic rings. The van der Waals surface area contributed by atoms with E-state index < -0.39 is 36.0 Å². The molecule has 0 bridgehead atoms. The van der Waals surface area contributed by atoms with Crippen molar-refractivity contribution in [2.75, 3.05) is 0 Å². The van der Waals surface area contributed by atoms with Crippen molar-refractivity contribution in [2.24, 2.45) is 0 Å². The molecule has 2 unspecified atom stereocenters.